The van der Waals surface area contributed by atoms with Crippen LogP contribution in [0, 0.1) is 4.77 Å². The van der Waals surface area contributed by atoms with Crippen LogP contribution in [0.5, 0.6) is 5.75 Å². The Morgan fingerprint density at radius 2 is 1.92 bits per heavy atom. The lowest BCUT2D eigenvalue weighted by Gasteiger charge is -2.10. The fourth-order valence-corrected chi connectivity index (χ4v) is 2.47. The number of nitrogens with one attached hydrogen (secondary N) is 2. The lowest BCUT2D eigenvalue weighted by atomic mass is 10.2. The predicted octanol–water partition coefficient (Wildman–Crippen LogP) is 2.86. The molecule has 0 radical (unpaired) electrons. The van der Waals surface area contributed by atoms with Gasteiger partial charge >= 0.3 is 0 Å². The van der Waals surface area contributed by atoms with Gasteiger partial charge in [-0.3, -0.25) is 15.0 Å². The number of benzene rings is 2. The van der Waals surface area contributed by atoms with Gasteiger partial charge in [0.15, 0.2) is 11.4 Å². The smallest absolute Gasteiger partial charge is 0.281 e. The number of carbonyl (C=O) groups is 1. The molecule has 122 valence electrons. The van der Waals surface area contributed by atoms with Crippen LogP contribution in [-0.2, 0) is 4.79 Å². The second-order valence-corrected chi connectivity index (χ2v) is 5.72. The number of aromatic amines is 1. The topological polar surface area (TPSA) is 76.1 Å². The van der Waals surface area contributed by atoms with E-state index in [1.807, 2.05) is 0 Å². The summed E-state index contributed by atoms with van der Waals surface area (Å²) in [5.74, 6) is -0.0209. The second-order valence-electron chi connectivity index (χ2n) is 4.89. The molecule has 0 saturated heterocycles. The Morgan fingerprint density at radius 3 is 2.67 bits per heavy atom. The van der Waals surface area contributed by atoms with Crippen molar-refractivity contribution in [2.75, 3.05) is 12.0 Å². The number of carbonyl (C=O) groups excluding carboxylic acids is 1. The Labute approximate surface area is 146 Å². The van der Waals surface area contributed by atoms with Crippen LogP contribution in [0.4, 0.5) is 0 Å². The number of aromatic nitrogens is 2. The highest BCUT2D eigenvalue weighted by Crippen LogP contribution is 2.15. The predicted molar refractivity (Wildman–Crippen MR) is 94.7 cm³/mol. The van der Waals surface area contributed by atoms with Crippen LogP contribution >= 0.6 is 23.8 Å². The van der Waals surface area contributed by atoms with Crippen molar-refractivity contribution in [1.82, 2.24) is 9.66 Å². The molecular formula is C16H12ClN3O3S. The molecule has 1 aromatic heterocycles. The zero-order chi connectivity index (χ0) is 17.1. The Bertz CT molecular complexity index is 1010. The summed E-state index contributed by atoms with van der Waals surface area (Å²) in [4.78, 5) is 27.3. The molecule has 2 aromatic carbocycles. The van der Waals surface area contributed by atoms with Gasteiger partial charge in [0.05, 0.1) is 10.9 Å². The number of H-pyrrole nitrogens is 1. The maximum absolute atomic E-state index is 12.4. The first kappa shape index (κ1) is 16.2. The molecule has 0 bridgehead atoms. The number of amides is 1. The third-order valence-corrected chi connectivity index (χ3v) is 3.76. The van der Waals surface area contributed by atoms with Gasteiger partial charge in [-0.25, -0.2) is 0 Å². The minimum atomic E-state index is -0.512. The Morgan fingerprint density at radius 1 is 1.21 bits per heavy atom. The average Bonchev–Trinajstić information content (AvgIpc) is 2.58. The van der Waals surface area contributed by atoms with Crippen molar-refractivity contribution >= 4 is 40.6 Å². The monoisotopic (exact) mass is 361 g/mol. The van der Waals surface area contributed by atoms with E-state index in [9.17, 15) is 9.59 Å². The largest absolute Gasteiger partial charge is 0.484 e. The normalized spacial score (nSPS) is 10.5. The average molecular weight is 362 g/mol. The SMILES string of the molecule is O=C(COc1ccc(Cl)cc1)Nn1c(=S)[nH]c2ccccc2c1=O. The zero-order valence-electron chi connectivity index (χ0n) is 12.3. The van der Waals surface area contributed by atoms with E-state index in [-0.39, 0.29) is 11.4 Å². The van der Waals surface area contributed by atoms with Gasteiger partial charge in [-0.15, -0.1) is 0 Å². The van der Waals surface area contributed by atoms with Gasteiger partial charge in [-0.1, -0.05) is 23.7 Å². The van der Waals surface area contributed by atoms with Gasteiger partial charge in [0.1, 0.15) is 5.75 Å². The number of hydrogen-bond donors (Lipinski definition) is 2. The first-order chi connectivity index (χ1) is 11.5. The molecule has 0 spiro atoms. The summed E-state index contributed by atoms with van der Waals surface area (Å²) >= 11 is 10.9. The van der Waals surface area contributed by atoms with Crippen LogP contribution in [0.1, 0.15) is 0 Å². The minimum Gasteiger partial charge on any atom is -0.484 e. The van der Waals surface area contributed by atoms with Gasteiger partial charge in [0.25, 0.3) is 11.5 Å². The first-order valence-corrected chi connectivity index (χ1v) is 7.75. The molecule has 0 fully saturated rings. The minimum absolute atomic E-state index is 0.0959. The highest BCUT2D eigenvalue weighted by molar-refractivity contribution is 7.71. The van der Waals surface area contributed by atoms with E-state index in [1.54, 1.807) is 48.5 Å². The molecule has 0 atom stereocenters. The van der Waals surface area contributed by atoms with E-state index in [4.69, 9.17) is 28.6 Å². The van der Waals surface area contributed by atoms with Crippen LogP contribution < -0.4 is 15.7 Å². The molecule has 1 heterocycles. The Balaban J connectivity index is 1.77. The summed E-state index contributed by atoms with van der Waals surface area (Å²) < 4.78 is 6.42. The molecular weight excluding hydrogens is 350 g/mol. The molecule has 8 heteroatoms. The lowest BCUT2D eigenvalue weighted by molar-refractivity contribution is -0.119. The molecule has 1 amide bonds. The zero-order valence-corrected chi connectivity index (χ0v) is 13.9. The van der Waals surface area contributed by atoms with Crippen LogP contribution in [0.15, 0.2) is 53.3 Å². The number of halogens is 1. The summed E-state index contributed by atoms with van der Waals surface area (Å²) in [6.07, 6.45) is 0. The number of nitrogens with zero attached hydrogens (tertiary/aromatic N) is 1. The van der Waals surface area contributed by atoms with Crippen molar-refractivity contribution in [2.24, 2.45) is 0 Å². The standard InChI is InChI=1S/C16H12ClN3O3S/c17-10-5-7-11(8-6-10)23-9-14(21)19-20-15(22)12-3-1-2-4-13(12)18-16(20)24/h1-8H,9H2,(H,18,24)(H,19,21). The maximum Gasteiger partial charge on any atom is 0.281 e. The summed E-state index contributed by atoms with van der Waals surface area (Å²) in [5.41, 5.74) is 2.63. The highest BCUT2D eigenvalue weighted by Gasteiger charge is 2.09. The number of ether oxygens (including phenoxy) is 1. The van der Waals surface area contributed by atoms with Crippen molar-refractivity contribution in [1.29, 1.82) is 0 Å². The van der Waals surface area contributed by atoms with E-state index >= 15 is 0 Å². The van der Waals surface area contributed by atoms with Crippen molar-refractivity contribution in [2.45, 2.75) is 0 Å². The first-order valence-electron chi connectivity index (χ1n) is 6.97. The molecule has 3 rings (SSSR count). The Hall–Kier alpha value is -2.64. The molecule has 3 aromatic rings. The van der Waals surface area contributed by atoms with E-state index in [0.29, 0.717) is 21.7 Å². The fourth-order valence-electron chi connectivity index (χ4n) is 2.10. The van der Waals surface area contributed by atoms with E-state index < -0.39 is 11.5 Å². The van der Waals surface area contributed by atoms with E-state index in [2.05, 4.69) is 10.4 Å². The number of fused-ring (bicyclic) bond motifs is 1. The van der Waals surface area contributed by atoms with E-state index in [0.717, 1.165) is 4.68 Å². The van der Waals surface area contributed by atoms with Crippen molar-refractivity contribution in [3.63, 3.8) is 0 Å². The summed E-state index contributed by atoms with van der Waals surface area (Å²) in [6.45, 7) is -0.268. The molecule has 0 aliphatic carbocycles. The number of para-hydroxylation sites is 1. The molecule has 0 saturated carbocycles. The second kappa shape index (κ2) is 6.86. The maximum atomic E-state index is 12.4. The molecule has 6 nitrogen and oxygen atoms in total. The molecule has 2 N–H and O–H groups in total. The molecule has 0 aliphatic rings. The van der Waals surface area contributed by atoms with Crippen molar-refractivity contribution in [3.05, 3.63) is 68.7 Å². The van der Waals surface area contributed by atoms with Gasteiger partial charge in [-0.2, -0.15) is 4.68 Å². The third-order valence-electron chi connectivity index (χ3n) is 3.23. The summed E-state index contributed by atoms with van der Waals surface area (Å²) in [7, 11) is 0. The lowest BCUT2D eigenvalue weighted by Crippen LogP contribution is -2.36. The molecule has 0 aliphatic heterocycles. The quantitative estimate of drug-likeness (QED) is 0.701. The van der Waals surface area contributed by atoms with Crippen LogP contribution in [0.3, 0.4) is 0 Å². The molecule has 24 heavy (non-hydrogen) atoms. The Kier molecular flexibility index (Phi) is 4.64. The fraction of sp³-hybridized carbons (Fsp3) is 0.0625. The van der Waals surface area contributed by atoms with Crippen LogP contribution in [0.2, 0.25) is 5.02 Å². The number of hydrogen-bond acceptors (Lipinski definition) is 4. The van der Waals surface area contributed by atoms with Crippen molar-refractivity contribution in [3.8, 4) is 5.75 Å². The van der Waals surface area contributed by atoms with Crippen LogP contribution in [-0.4, -0.2) is 22.2 Å². The van der Waals surface area contributed by atoms with E-state index in [1.165, 1.54) is 0 Å². The summed E-state index contributed by atoms with van der Waals surface area (Å²) in [5, 5.41) is 0.992. The van der Waals surface area contributed by atoms with Crippen LogP contribution in [0.25, 0.3) is 10.9 Å². The van der Waals surface area contributed by atoms with Crippen molar-refractivity contribution < 1.29 is 9.53 Å². The van der Waals surface area contributed by atoms with Gasteiger partial charge in [-0.05, 0) is 48.6 Å². The van der Waals surface area contributed by atoms with Gasteiger partial charge < -0.3 is 9.72 Å². The number of rotatable bonds is 4. The van der Waals surface area contributed by atoms with Gasteiger partial charge in [0, 0.05) is 5.02 Å². The molecule has 0 unspecified atom stereocenters. The third kappa shape index (κ3) is 3.47. The van der Waals surface area contributed by atoms with Gasteiger partial charge in [0.2, 0.25) is 0 Å². The summed E-state index contributed by atoms with van der Waals surface area (Å²) in [6, 6.07) is 13.5. The highest BCUT2D eigenvalue weighted by atomic mass is 35.5.